The first-order valence-corrected chi connectivity index (χ1v) is 15.2. The highest BCUT2D eigenvalue weighted by Crippen LogP contribution is 2.38. The van der Waals surface area contributed by atoms with E-state index in [0.717, 1.165) is 25.7 Å². The number of benzene rings is 1. The molecule has 234 valence electrons. The van der Waals surface area contributed by atoms with E-state index < -0.39 is 48.0 Å². The Bertz CT molecular complexity index is 1270. The molecule has 1 aromatic rings. The normalized spacial score (nSPS) is 21.7. The summed E-state index contributed by atoms with van der Waals surface area (Å²) >= 11 is 0. The first kappa shape index (κ1) is 32.2. The molecular formula is C31H44N6O6. The molecule has 2 heterocycles. The molecular weight excluding hydrogens is 552 g/mol. The number of unbranched alkanes of at least 4 members (excludes halogenated alkanes) is 1. The molecule has 3 aliphatic rings. The fourth-order valence-electron chi connectivity index (χ4n) is 6.02. The van der Waals surface area contributed by atoms with Gasteiger partial charge in [-0.25, -0.2) is 0 Å². The Balaban J connectivity index is 1.37. The van der Waals surface area contributed by atoms with Crippen molar-refractivity contribution in [3.05, 3.63) is 47.2 Å². The van der Waals surface area contributed by atoms with Gasteiger partial charge in [-0.2, -0.15) is 0 Å². The van der Waals surface area contributed by atoms with Gasteiger partial charge in [0.15, 0.2) is 0 Å². The molecule has 12 nitrogen and oxygen atoms in total. The maximum atomic E-state index is 13.2. The number of phenolic OH excluding ortho intramolecular Hbond substituents is 1. The topological polar surface area (TPSA) is 200 Å². The van der Waals surface area contributed by atoms with E-state index >= 15 is 0 Å². The van der Waals surface area contributed by atoms with Crippen LogP contribution in [0.1, 0.15) is 80.1 Å². The van der Waals surface area contributed by atoms with Crippen LogP contribution in [0, 0.1) is 12.8 Å². The number of phenols is 1. The van der Waals surface area contributed by atoms with Crippen LogP contribution in [0.3, 0.4) is 0 Å². The Labute approximate surface area is 251 Å². The number of aliphatic hydroxyl groups excluding tert-OH is 1. The Hall–Kier alpha value is -3.74. The molecule has 1 aliphatic carbocycles. The number of aliphatic hydroxyl groups is 1. The van der Waals surface area contributed by atoms with Crippen molar-refractivity contribution < 1.29 is 29.4 Å². The molecule has 2 aliphatic heterocycles. The second kappa shape index (κ2) is 14.6. The fourth-order valence-corrected chi connectivity index (χ4v) is 6.02. The zero-order valence-electron chi connectivity index (χ0n) is 24.7. The van der Waals surface area contributed by atoms with Gasteiger partial charge in [-0.15, -0.1) is 0 Å². The number of nitrogens with zero attached hydrogens (tertiary/aromatic N) is 1. The van der Waals surface area contributed by atoms with Crippen LogP contribution in [0.15, 0.2) is 36.1 Å². The molecule has 9 N–H and O–H groups in total. The fraction of sp³-hybridized carbons (Fsp3) is 0.548. The number of nitrogens with two attached hydrogens (primary N) is 2. The summed E-state index contributed by atoms with van der Waals surface area (Å²) in [5.74, 6) is -1.83. The van der Waals surface area contributed by atoms with Gasteiger partial charge in [-0.05, 0) is 68.7 Å². The summed E-state index contributed by atoms with van der Waals surface area (Å²) in [4.78, 5) is 53.1. The van der Waals surface area contributed by atoms with Crippen molar-refractivity contribution in [3.63, 3.8) is 0 Å². The molecule has 1 fully saturated rings. The maximum Gasteiger partial charge on any atom is 0.260 e. The lowest BCUT2D eigenvalue weighted by molar-refractivity contribution is -0.133. The second-order valence-corrected chi connectivity index (χ2v) is 11.8. The quantitative estimate of drug-likeness (QED) is 0.113. The number of fused-ring (bicyclic) bond motifs is 2. The zero-order valence-corrected chi connectivity index (χ0v) is 24.7. The summed E-state index contributed by atoms with van der Waals surface area (Å²) in [6.07, 6.45) is 11.0. The molecule has 1 aromatic carbocycles. The largest absolute Gasteiger partial charge is 0.505 e. The average Bonchev–Trinajstić information content (AvgIpc) is 3.39. The molecule has 0 aromatic heterocycles. The Morgan fingerprint density at radius 2 is 1.91 bits per heavy atom. The minimum absolute atomic E-state index is 0.0970. The van der Waals surface area contributed by atoms with E-state index in [2.05, 4.69) is 16.0 Å². The number of imide groups is 1. The number of carbonyl (C=O) groups excluding carboxylic acids is 4. The number of nitrogens with one attached hydrogen (secondary N) is 3. The third-order valence-electron chi connectivity index (χ3n) is 8.53. The Kier molecular flexibility index (Phi) is 10.9. The van der Waals surface area contributed by atoms with Crippen LogP contribution >= 0.6 is 0 Å². The van der Waals surface area contributed by atoms with Crippen molar-refractivity contribution in [2.75, 3.05) is 11.9 Å². The van der Waals surface area contributed by atoms with Gasteiger partial charge in [0.1, 0.15) is 18.0 Å². The van der Waals surface area contributed by atoms with Crippen LogP contribution in [-0.4, -0.2) is 69.6 Å². The smallest absolute Gasteiger partial charge is 0.260 e. The van der Waals surface area contributed by atoms with Crippen molar-refractivity contribution in [2.24, 2.45) is 17.4 Å². The van der Waals surface area contributed by atoms with Gasteiger partial charge in [-0.1, -0.05) is 44.2 Å². The number of carbonyl (C=O) groups is 4. The third kappa shape index (κ3) is 8.01. The maximum absolute atomic E-state index is 13.2. The molecule has 4 amide bonds. The van der Waals surface area contributed by atoms with Gasteiger partial charge in [-0.3, -0.25) is 24.5 Å². The van der Waals surface area contributed by atoms with Crippen molar-refractivity contribution >= 4 is 29.3 Å². The molecule has 0 spiro atoms. The van der Waals surface area contributed by atoms with E-state index in [9.17, 15) is 29.4 Å². The van der Waals surface area contributed by atoms with Crippen LogP contribution in [0.4, 0.5) is 5.69 Å². The van der Waals surface area contributed by atoms with Crippen LogP contribution in [0.5, 0.6) is 5.75 Å². The standard InChI is InChI=1S/C31H44N6O6/c1-18-10-12-21-26(27(18)39)36-30(42)24-16-20(17-37(24)31(21)43)11-13-25(38)35-29(41)23(9-5-6-14-32)34-28(40)22(33)15-19-7-3-2-4-8-19/h10-13,17,19,22-24,30,36,39,42H,2-9,14-16,32-33H2,1H3,(H,34,40)(H,35,38,41)/b13-11+. The van der Waals surface area contributed by atoms with Gasteiger partial charge < -0.3 is 37.2 Å². The number of hydrogen-bond acceptors (Lipinski definition) is 9. The van der Waals surface area contributed by atoms with E-state index in [0.29, 0.717) is 49.3 Å². The molecule has 4 atom stereocenters. The van der Waals surface area contributed by atoms with Crippen molar-refractivity contribution in [1.82, 2.24) is 15.5 Å². The molecule has 43 heavy (non-hydrogen) atoms. The SMILES string of the molecule is Cc1ccc2c(c1O)NC(O)C1CC(/C=C/C(=O)NC(=O)C(CCCCN)NC(=O)C(N)CC3CCCCC3)=CN1C2=O. The van der Waals surface area contributed by atoms with Crippen LogP contribution in [-0.2, 0) is 14.4 Å². The summed E-state index contributed by atoms with van der Waals surface area (Å²) in [5.41, 5.74) is 13.3. The van der Waals surface area contributed by atoms with E-state index in [1.54, 1.807) is 25.3 Å². The zero-order chi connectivity index (χ0) is 31.1. The molecule has 12 heteroatoms. The van der Waals surface area contributed by atoms with E-state index in [4.69, 9.17) is 11.5 Å². The van der Waals surface area contributed by atoms with Gasteiger partial charge in [0, 0.05) is 12.3 Å². The Morgan fingerprint density at radius 1 is 1.16 bits per heavy atom. The minimum Gasteiger partial charge on any atom is -0.505 e. The summed E-state index contributed by atoms with van der Waals surface area (Å²) < 4.78 is 0. The summed E-state index contributed by atoms with van der Waals surface area (Å²) in [7, 11) is 0. The number of hydrogen-bond donors (Lipinski definition) is 7. The first-order chi connectivity index (χ1) is 20.6. The highest BCUT2D eigenvalue weighted by atomic mass is 16.3. The van der Waals surface area contributed by atoms with E-state index in [1.807, 2.05) is 0 Å². The minimum atomic E-state index is -1.17. The van der Waals surface area contributed by atoms with Crippen molar-refractivity contribution in [3.8, 4) is 5.75 Å². The van der Waals surface area contributed by atoms with Crippen molar-refractivity contribution in [2.45, 2.75) is 95.5 Å². The third-order valence-corrected chi connectivity index (χ3v) is 8.53. The number of allylic oxidation sites excluding steroid dienone is 1. The molecule has 4 rings (SSSR count). The average molecular weight is 597 g/mol. The molecule has 0 bridgehead atoms. The molecule has 0 saturated heterocycles. The van der Waals surface area contributed by atoms with E-state index in [1.165, 1.54) is 23.5 Å². The molecule has 0 radical (unpaired) electrons. The lowest BCUT2D eigenvalue weighted by Crippen LogP contribution is -2.52. The predicted octanol–water partition coefficient (Wildman–Crippen LogP) is 1.65. The van der Waals surface area contributed by atoms with Crippen LogP contribution < -0.4 is 27.4 Å². The van der Waals surface area contributed by atoms with Crippen molar-refractivity contribution in [1.29, 1.82) is 0 Å². The lowest BCUT2D eigenvalue weighted by atomic mass is 9.85. The number of rotatable bonds is 11. The summed E-state index contributed by atoms with van der Waals surface area (Å²) in [5, 5.41) is 29.0. The van der Waals surface area contributed by atoms with Gasteiger partial charge >= 0.3 is 0 Å². The first-order valence-electron chi connectivity index (χ1n) is 15.2. The monoisotopic (exact) mass is 596 g/mol. The summed E-state index contributed by atoms with van der Waals surface area (Å²) in [6.45, 7) is 2.14. The molecule has 1 saturated carbocycles. The lowest BCUT2D eigenvalue weighted by Gasteiger charge is -2.25. The number of aryl methyl sites for hydroxylation is 1. The molecule has 4 unspecified atom stereocenters. The van der Waals surface area contributed by atoms with Crippen LogP contribution in [0.2, 0.25) is 0 Å². The number of amides is 4. The predicted molar refractivity (Wildman–Crippen MR) is 161 cm³/mol. The number of aromatic hydroxyl groups is 1. The highest BCUT2D eigenvalue weighted by Gasteiger charge is 2.39. The van der Waals surface area contributed by atoms with E-state index in [-0.39, 0.29) is 23.4 Å². The second-order valence-electron chi connectivity index (χ2n) is 11.8. The summed E-state index contributed by atoms with van der Waals surface area (Å²) in [6, 6.07) is 0.882. The number of anilines is 1. The van der Waals surface area contributed by atoms with Gasteiger partial charge in [0.2, 0.25) is 11.8 Å². The van der Waals surface area contributed by atoms with Gasteiger partial charge in [0.25, 0.3) is 11.8 Å². The Morgan fingerprint density at radius 3 is 2.63 bits per heavy atom. The highest BCUT2D eigenvalue weighted by molar-refractivity contribution is 6.04. The van der Waals surface area contributed by atoms with Gasteiger partial charge in [0.05, 0.1) is 23.3 Å². The van der Waals surface area contributed by atoms with Crippen LogP contribution in [0.25, 0.3) is 0 Å².